The van der Waals surface area contributed by atoms with E-state index < -0.39 is 0 Å². The van der Waals surface area contributed by atoms with Crippen molar-refractivity contribution in [2.45, 2.75) is 32.1 Å². The second-order valence-electron chi connectivity index (χ2n) is 6.24. The number of hydrogen-bond acceptors (Lipinski definition) is 4. The minimum absolute atomic E-state index is 0.167. The molecule has 1 atom stereocenters. The molecule has 0 bridgehead atoms. The van der Waals surface area contributed by atoms with E-state index in [1.807, 2.05) is 44.2 Å². The monoisotopic (exact) mass is 327 g/mol. The van der Waals surface area contributed by atoms with Gasteiger partial charge in [-0.15, -0.1) is 0 Å². The van der Waals surface area contributed by atoms with Gasteiger partial charge in [0.2, 0.25) is 0 Å². The maximum absolute atomic E-state index is 13.0. The lowest BCUT2D eigenvalue weighted by molar-refractivity contribution is -0.142. The van der Waals surface area contributed by atoms with Crippen molar-refractivity contribution in [2.75, 3.05) is 18.6 Å². The van der Waals surface area contributed by atoms with E-state index in [0.717, 1.165) is 16.8 Å². The summed E-state index contributed by atoms with van der Waals surface area (Å²) in [6.45, 7) is 4.51. The molecule has 24 heavy (non-hydrogen) atoms. The number of hydrogen-bond donors (Lipinski definition) is 0. The zero-order valence-electron chi connectivity index (χ0n) is 14.1. The first-order chi connectivity index (χ1) is 11.5. The van der Waals surface area contributed by atoms with Gasteiger partial charge >= 0.3 is 5.97 Å². The Hall–Kier alpha value is -2.56. The van der Waals surface area contributed by atoms with E-state index in [4.69, 9.17) is 9.15 Å². The number of nitrogens with zero attached hydrogens (tertiary/aromatic N) is 1. The molecule has 1 aromatic heterocycles. The highest BCUT2D eigenvalue weighted by Crippen LogP contribution is 2.37. The molecule has 1 aromatic carbocycles. The standard InChI is InChI=1S/C19H21NO4/c1-12(2)13-9-11-24-17(13)18(21)20-10-8-15(19(22)23-3)14-6-4-5-7-16(14)20/h4-7,9,11-12,15H,8,10H2,1-3H3/t15-/m0/s1. The highest BCUT2D eigenvalue weighted by molar-refractivity contribution is 6.06. The molecule has 2 aromatic rings. The summed E-state index contributed by atoms with van der Waals surface area (Å²) >= 11 is 0. The molecule has 0 saturated carbocycles. The largest absolute Gasteiger partial charge is 0.469 e. The van der Waals surface area contributed by atoms with Gasteiger partial charge in [-0.2, -0.15) is 0 Å². The Kier molecular flexibility index (Phi) is 4.42. The van der Waals surface area contributed by atoms with Gasteiger partial charge in [-0.05, 0) is 30.0 Å². The Bertz CT molecular complexity index is 762. The normalized spacial score (nSPS) is 16.8. The number of rotatable bonds is 3. The average molecular weight is 327 g/mol. The van der Waals surface area contributed by atoms with Crippen LogP contribution < -0.4 is 4.90 Å². The van der Waals surface area contributed by atoms with Gasteiger partial charge in [0.1, 0.15) is 0 Å². The molecule has 126 valence electrons. The minimum atomic E-state index is -0.337. The number of carbonyl (C=O) groups is 2. The van der Waals surface area contributed by atoms with Gasteiger partial charge in [0.25, 0.3) is 5.91 Å². The lowest BCUT2D eigenvalue weighted by Gasteiger charge is -2.32. The molecule has 0 fully saturated rings. The Morgan fingerprint density at radius 2 is 2.00 bits per heavy atom. The fourth-order valence-electron chi connectivity index (χ4n) is 3.23. The van der Waals surface area contributed by atoms with E-state index in [0.29, 0.717) is 18.7 Å². The second kappa shape index (κ2) is 6.51. The number of ether oxygens (including phenoxy) is 1. The minimum Gasteiger partial charge on any atom is -0.469 e. The number of fused-ring (bicyclic) bond motifs is 1. The van der Waals surface area contributed by atoms with Crippen molar-refractivity contribution in [3.05, 3.63) is 53.5 Å². The zero-order chi connectivity index (χ0) is 17.3. The van der Waals surface area contributed by atoms with Crippen molar-refractivity contribution < 1.29 is 18.7 Å². The van der Waals surface area contributed by atoms with Crippen molar-refractivity contribution >= 4 is 17.6 Å². The summed E-state index contributed by atoms with van der Waals surface area (Å²) in [7, 11) is 1.39. The van der Waals surface area contributed by atoms with Gasteiger partial charge < -0.3 is 14.1 Å². The van der Waals surface area contributed by atoms with Gasteiger partial charge in [0.05, 0.1) is 19.3 Å². The third-order valence-corrected chi connectivity index (χ3v) is 4.49. The molecule has 0 aliphatic carbocycles. The maximum Gasteiger partial charge on any atom is 0.313 e. The van der Waals surface area contributed by atoms with Crippen LogP contribution in [0.15, 0.2) is 41.0 Å². The summed E-state index contributed by atoms with van der Waals surface area (Å²) in [5, 5.41) is 0. The molecule has 2 heterocycles. The first kappa shape index (κ1) is 16.3. The first-order valence-corrected chi connectivity index (χ1v) is 8.10. The fourth-order valence-corrected chi connectivity index (χ4v) is 3.23. The molecule has 1 amide bonds. The Labute approximate surface area is 141 Å². The van der Waals surface area contributed by atoms with E-state index >= 15 is 0 Å². The topological polar surface area (TPSA) is 59.8 Å². The van der Waals surface area contributed by atoms with Crippen LogP contribution >= 0.6 is 0 Å². The molecule has 5 nitrogen and oxygen atoms in total. The van der Waals surface area contributed by atoms with Crippen molar-refractivity contribution in [2.24, 2.45) is 0 Å². The number of furan rings is 1. The van der Waals surface area contributed by atoms with Crippen LogP contribution in [0.25, 0.3) is 0 Å². The molecular weight excluding hydrogens is 306 g/mol. The van der Waals surface area contributed by atoms with Crippen LogP contribution in [0.1, 0.15) is 53.8 Å². The van der Waals surface area contributed by atoms with Crippen molar-refractivity contribution in [3.8, 4) is 0 Å². The van der Waals surface area contributed by atoms with Crippen molar-refractivity contribution in [1.29, 1.82) is 0 Å². The predicted molar refractivity (Wildman–Crippen MR) is 90.3 cm³/mol. The van der Waals surface area contributed by atoms with Crippen LogP contribution in [0, 0.1) is 0 Å². The number of benzene rings is 1. The third-order valence-electron chi connectivity index (χ3n) is 4.49. The molecule has 1 aliphatic heterocycles. The maximum atomic E-state index is 13.0. The Balaban J connectivity index is 1.99. The van der Waals surface area contributed by atoms with Crippen LogP contribution in [-0.4, -0.2) is 25.5 Å². The molecule has 0 spiro atoms. The average Bonchev–Trinajstić information content (AvgIpc) is 3.09. The molecular formula is C19H21NO4. The predicted octanol–water partition coefficient (Wildman–Crippen LogP) is 3.71. The molecule has 5 heteroatoms. The van der Waals surface area contributed by atoms with E-state index in [1.165, 1.54) is 7.11 Å². The Morgan fingerprint density at radius 3 is 2.71 bits per heavy atom. The van der Waals surface area contributed by atoms with Gasteiger partial charge in [-0.25, -0.2) is 0 Å². The third kappa shape index (κ3) is 2.70. The highest BCUT2D eigenvalue weighted by Gasteiger charge is 2.35. The summed E-state index contributed by atoms with van der Waals surface area (Å²) in [6, 6.07) is 9.31. The quantitative estimate of drug-likeness (QED) is 0.806. The van der Waals surface area contributed by atoms with Gasteiger partial charge in [-0.3, -0.25) is 9.59 Å². The van der Waals surface area contributed by atoms with Gasteiger partial charge in [-0.1, -0.05) is 32.0 Å². The molecule has 0 saturated heterocycles. The molecule has 1 aliphatic rings. The number of esters is 1. The van der Waals surface area contributed by atoms with Gasteiger partial charge in [0.15, 0.2) is 5.76 Å². The van der Waals surface area contributed by atoms with Crippen LogP contribution in [0.2, 0.25) is 0 Å². The number of amides is 1. The number of anilines is 1. The van der Waals surface area contributed by atoms with Crippen LogP contribution in [-0.2, 0) is 9.53 Å². The first-order valence-electron chi connectivity index (χ1n) is 8.10. The summed E-state index contributed by atoms with van der Waals surface area (Å²) in [4.78, 5) is 26.7. The number of para-hydroxylation sites is 1. The van der Waals surface area contributed by atoms with E-state index in [-0.39, 0.29) is 23.7 Å². The molecule has 0 unspecified atom stereocenters. The number of methoxy groups -OCH3 is 1. The fraction of sp³-hybridized carbons (Fsp3) is 0.368. The molecule has 3 rings (SSSR count). The Morgan fingerprint density at radius 1 is 1.25 bits per heavy atom. The van der Waals surface area contributed by atoms with Crippen molar-refractivity contribution in [3.63, 3.8) is 0 Å². The summed E-state index contributed by atoms with van der Waals surface area (Å²) in [5.41, 5.74) is 2.46. The van der Waals surface area contributed by atoms with E-state index in [2.05, 4.69) is 0 Å². The smallest absolute Gasteiger partial charge is 0.313 e. The lowest BCUT2D eigenvalue weighted by atomic mass is 9.89. The SMILES string of the molecule is COC(=O)[C@H]1CCN(C(=O)c2occc2C(C)C)c2ccccc21. The summed E-state index contributed by atoms with van der Waals surface area (Å²) < 4.78 is 10.4. The summed E-state index contributed by atoms with van der Waals surface area (Å²) in [5.74, 6) is -0.201. The second-order valence-corrected chi connectivity index (χ2v) is 6.24. The van der Waals surface area contributed by atoms with Crippen LogP contribution in [0.5, 0.6) is 0 Å². The molecule has 0 radical (unpaired) electrons. The van der Waals surface area contributed by atoms with Crippen molar-refractivity contribution in [1.82, 2.24) is 0 Å². The number of carbonyl (C=O) groups excluding carboxylic acids is 2. The molecule has 0 N–H and O–H groups in total. The van der Waals surface area contributed by atoms with Crippen LogP contribution in [0.4, 0.5) is 5.69 Å². The van der Waals surface area contributed by atoms with Crippen LogP contribution in [0.3, 0.4) is 0 Å². The van der Waals surface area contributed by atoms with E-state index in [1.54, 1.807) is 11.2 Å². The van der Waals surface area contributed by atoms with Gasteiger partial charge in [0, 0.05) is 17.8 Å². The van der Waals surface area contributed by atoms with E-state index in [9.17, 15) is 9.59 Å². The summed E-state index contributed by atoms with van der Waals surface area (Å²) in [6.07, 6.45) is 2.09. The zero-order valence-corrected chi connectivity index (χ0v) is 14.1. The highest BCUT2D eigenvalue weighted by atomic mass is 16.5. The lowest BCUT2D eigenvalue weighted by Crippen LogP contribution is -2.38.